The normalized spacial score (nSPS) is 11.8. The van der Waals surface area contributed by atoms with Crippen LogP contribution in [0.2, 0.25) is 0 Å². The van der Waals surface area contributed by atoms with Crippen LogP contribution in [0.4, 0.5) is 0 Å². The topological polar surface area (TPSA) is 142 Å². The van der Waals surface area contributed by atoms with Crippen LogP contribution in [0.3, 0.4) is 0 Å². The van der Waals surface area contributed by atoms with Crippen LogP contribution in [-0.2, 0) is 19.7 Å². The highest BCUT2D eigenvalue weighted by Gasteiger charge is 2.47. The number of rotatable bonds is 22. The third-order valence-electron chi connectivity index (χ3n) is 8.91. The smallest absolute Gasteiger partial charge is 0.494 e. The zero-order chi connectivity index (χ0) is 38.3. The lowest BCUT2D eigenvalue weighted by atomic mass is 10.1. The number of unbranched alkanes of at least 4 members (excludes halogenated alkanes) is 8. The molecule has 0 fully saturated rings. The lowest BCUT2D eigenvalue weighted by molar-refractivity contribution is 0.00377. The van der Waals surface area contributed by atoms with Crippen LogP contribution < -0.4 is 18.9 Å². The van der Waals surface area contributed by atoms with Gasteiger partial charge in [0.05, 0.1) is 26.4 Å². The largest absolute Gasteiger partial charge is 0.504 e. The highest BCUT2D eigenvalue weighted by atomic mass is 32.3. The van der Waals surface area contributed by atoms with Crippen LogP contribution in [0.25, 0.3) is 27.1 Å². The van der Waals surface area contributed by atoms with E-state index in [0.717, 1.165) is 64.2 Å². The molecule has 0 spiro atoms. The summed E-state index contributed by atoms with van der Waals surface area (Å²) in [6.45, 7) is 9.83. The van der Waals surface area contributed by atoms with Crippen LogP contribution in [0.15, 0.2) is 70.5 Å². The van der Waals surface area contributed by atoms with E-state index in [4.69, 9.17) is 18.9 Å². The summed E-state index contributed by atoms with van der Waals surface area (Å²) in [5, 5.41) is 2.33. The van der Waals surface area contributed by atoms with Gasteiger partial charge < -0.3 is 24.5 Å². The molecule has 0 N–H and O–H groups in total. The molecule has 0 amide bonds. The first-order valence-electron chi connectivity index (χ1n) is 19.0. The zero-order valence-electron chi connectivity index (χ0n) is 31.6. The van der Waals surface area contributed by atoms with Crippen molar-refractivity contribution in [2.75, 3.05) is 26.4 Å². The van der Waals surface area contributed by atoms with Gasteiger partial charge in [-0.3, -0.25) is 0 Å². The maximum absolute atomic E-state index is 14.4. The summed E-state index contributed by atoms with van der Waals surface area (Å²) in [7, 11) is -9.99. The number of hydrogen-bond acceptors (Lipinski definition) is 8. The van der Waals surface area contributed by atoms with E-state index in [0.29, 0.717) is 59.1 Å². The molecule has 0 unspecified atom stereocenters. The first-order chi connectivity index (χ1) is 25.6. The van der Waals surface area contributed by atoms with E-state index in [2.05, 4.69) is 18.6 Å². The average molecular weight is 767 g/mol. The second-order valence-electron chi connectivity index (χ2n) is 13.2. The molecule has 0 radical (unpaired) electrons. The summed E-state index contributed by atoms with van der Waals surface area (Å²) in [6.07, 6.45) is 10.9. The molecule has 53 heavy (non-hydrogen) atoms. The summed E-state index contributed by atoms with van der Waals surface area (Å²) in [5.74, 6) is 1.15. The molecule has 0 aromatic heterocycles. The van der Waals surface area contributed by atoms with E-state index in [9.17, 15) is 22.4 Å². The predicted octanol–water partition coefficient (Wildman–Crippen LogP) is 10.1. The fourth-order valence-electron chi connectivity index (χ4n) is 5.89. The monoisotopic (exact) mass is 766 g/mol. The molecule has 12 heteroatoms. The molecule has 288 valence electrons. The summed E-state index contributed by atoms with van der Waals surface area (Å²) in [6, 6.07) is 16.3. The second kappa shape index (κ2) is 20.4. The minimum atomic E-state index is -4.99. The fraction of sp³-hybridized carbons (Fsp3) is 0.488. The molecule has 4 aromatic carbocycles. The van der Waals surface area contributed by atoms with Crippen molar-refractivity contribution in [2.24, 2.45) is 0 Å². The van der Waals surface area contributed by atoms with Crippen molar-refractivity contribution in [2.45, 2.75) is 115 Å². The van der Waals surface area contributed by atoms with Crippen LogP contribution >= 0.6 is 0 Å². The summed E-state index contributed by atoms with van der Waals surface area (Å²) >= 11 is 0. The molecule has 0 aliphatic heterocycles. The number of ether oxygens (including phenoxy) is 4. The van der Waals surface area contributed by atoms with E-state index < -0.39 is 33.8 Å². The van der Waals surface area contributed by atoms with Gasteiger partial charge >= 0.3 is 4.38 Å². The molecule has 0 aliphatic rings. The number of fused-ring (bicyclic) bond motifs is 2. The predicted molar refractivity (Wildman–Crippen MR) is 211 cm³/mol. The van der Waals surface area contributed by atoms with E-state index >= 15 is 0 Å². The molecule has 0 heterocycles. The Labute approximate surface area is 315 Å². The van der Waals surface area contributed by atoms with Gasteiger partial charge in [-0.25, -0.2) is 16.8 Å². The van der Waals surface area contributed by atoms with Gasteiger partial charge in [0.1, 0.15) is 32.8 Å². The maximum atomic E-state index is 14.4. The van der Waals surface area contributed by atoms with Gasteiger partial charge in [-0.15, -0.1) is 4.79 Å². The molecular weight excluding hydrogens is 713 g/mol. The minimum absolute atomic E-state index is 0.0471. The second-order valence-corrected chi connectivity index (χ2v) is 17.1. The Balaban J connectivity index is 1.79. The lowest BCUT2D eigenvalue weighted by Crippen LogP contribution is -2.27. The van der Waals surface area contributed by atoms with Crippen molar-refractivity contribution in [1.82, 2.24) is 0 Å². The Kier molecular flexibility index (Phi) is 16.0. The molecule has 0 saturated carbocycles. The van der Waals surface area contributed by atoms with E-state index in [-0.39, 0.29) is 24.7 Å². The molecule has 0 bridgehead atoms. The van der Waals surface area contributed by atoms with E-state index in [1.54, 1.807) is 48.5 Å². The Morgan fingerprint density at radius 3 is 1.19 bits per heavy atom. The molecule has 0 saturated heterocycles. The zero-order valence-corrected chi connectivity index (χ0v) is 33.2. The molecule has 4 aromatic rings. The number of sulfone groups is 2. The maximum Gasteiger partial charge on any atom is 0.504 e. The summed E-state index contributed by atoms with van der Waals surface area (Å²) in [4.78, 5) is 2.11. The van der Waals surface area contributed by atoms with Crippen LogP contribution in [0, 0.1) is 0 Å². The number of hydrogen-bond donors (Lipinski definition) is 0. The van der Waals surface area contributed by atoms with Crippen molar-refractivity contribution < 1.29 is 40.6 Å². The van der Waals surface area contributed by atoms with Gasteiger partial charge in [0.2, 0.25) is 0 Å². The van der Waals surface area contributed by atoms with E-state index in [1.807, 2.05) is 13.8 Å². The first-order valence-corrected chi connectivity index (χ1v) is 22.0. The summed E-state index contributed by atoms with van der Waals surface area (Å²) < 4.78 is 80.2. The number of nitrogens with zero attached hydrogens (tertiary/aromatic N) is 2. The van der Waals surface area contributed by atoms with Crippen molar-refractivity contribution in [3.8, 4) is 23.0 Å². The number of benzene rings is 4. The van der Waals surface area contributed by atoms with Crippen LogP contribution in [0.1, 0.15) is 105 Å². The van der Waals surface area contributed by atoms with Gasteiger partial charge in [0, 0.05) is 0 Å². The SMILES string of the molecule is CCCCCOc1ccc2cc(S(=O)(=O)C(=[N+]=[N-])S(=O)(=O)c3cc4ccc(OCCCCC)cc4cc3OCCCCC)c(OCCCCC)cc2c1. The van der Waals surface area contributed by atoms with Gasteiger partial charge in [-0.1, -0.05) is 91.2 Å². The third kappa shape index (κ3) is 11.0. The van der Waals surface area contributed by atoms with Crippen LogP contribution in [0.5, 0.6) is 23.0 Å². The molecule has 10 nitrogen and oxygen atoms in total. The molecule has 4 rings (SSSR count). The lowest BCUT2D eigenvalue weighted by Gasteiger charge is -2.15. The summed E-state index contributed by atoms with van der Waals surface area (Å²) in [5.41, 5.74) is 10.2. The van der Waals surface area contributed by atoms with Crippen molar-refractivity contribution in [3.63, 3.8) is 0 Å². The third-order valence-corrected chi connectivity index (χ3v) is 13.1. The van der Waals surface area contributed by atoms with Gasteiger partial charge in [0.25, 0.3) is 19.7 Å². The Hall–Kier alpha value is -4.12. The first kappa shape index (κ1) is 41.6. The Bertz CT molecular complexity index is 1950. The Morgan fingerprint density at radius 2 is 0.849 bits per heavy atom. The van der Waals surface area contributed by atoms with Gasteiger partial charge in [0.15, 0.2) is 0 Å². The molecular formula is C41H54N2O8S2. The minimum Gasteiger partial charge on any atom is -0.494 e. The molecule has 0 atom stereocenters. The highest BCUT2D eigenvalue weighted by Crippen LogP contribution is 2.37. The highest BCUT2D eigenvalue weighted by molar-refractivity contribution is 8.31. The van der Waals surface area contributed by atoms with Crippen molar-refractivity contribution in [3.05, 3.63) is 66.2 Å². The van der Waals surface area contributed by atoms with Crippen molar-refractivity contribution >= 4 is 45.6 Å². The molecule has 0 aliphatic carbocycles. The van der Waals surface area contributed by atoms with E-state index in [1.165, 1.54) is 12.1 Å². The standard InChI is InChI=1S/C41H54N2O8S2/c1-5-9-13-21-48-35-19-17-31-29-39(37(27-33(31)25-35)50-23-15-11-7-3)52(44,45)41(43-42)53(46,47)40-30-32-18-20-36(49-22-14-10-6-2)26-34(32)28-38(40)51-24-16-12-8-4/h17-20,25-30H,5-16,21-24H2,1-4H3. The quantitative estimate of drug-likeness (QED) is 0.0253. The van der Waals surface area contributed by atoms with Crippen LogP contribution in [-0.4, -0.2) is 52.4 Å². The van der Waals surface area contributed by atoms with Gasteiger partial charge in [-0.2, -0.15) is 0 Å². The fourth-order valence-corrected chi connectivity index (χ4v) is 9.50. The Morgan fingerprint density at radius 1 is 0.491 bits per heavy atom. The van der Waals surface area contributed by atoms with Gasteiger partial charge in [-0.05, 0) is 95.8 Å². The van der Waals surface area contributed by atoms with Crippen molar-refractivity contribution in [1.29, 1.82) is 0 Å². The average Bonchev–Trinajstić information content (AvgIpc) is 3.14.